The Morgan fingerprint density at radius 3 is 2.21 bits per heavy atom. The topological polar surface area (TPSA) is 89.9 Å². The summed E-state index contributed by atoms with van der Waals surface area (Å²) in [4.78, 5) is 33.3. The number of aliphatic imine (C=N–C) groups is 1. The molecule has 0 unspecified atom stereocenters. The molecular formula is C26H37N3O4S. The summed E-state index contributed by atoms with van der Waals surface area (Å²) in [6.07, 6.45) is -0.540. The van der Waals surface area contributed by atoms with E-state index in [1.54, 1.807) is 52.9 Å². The summed E-state index contributed by atoms with van der Waals surface area (Å²) in [6, 6.07) is 8.09. The molecule has 2 amide bonds. The predicted octanol–water partition coefficient (Wildman–Crippen LogP) is 6.90. The summed E-state index contributed by atoms with van der Waals surface area (Å²) < 4.78 is 10.6. The fraction of sp³-hybridized carbons (Fsp3) is 0.538. The first-order chi connectivity index (χ1) is 15.5. The SMILES string of the molecule is CC(C)(C)OC(=O)N=C(CCc1cccc(-c2nc(C(C)(C)C)cs2)c1)NC(=O)OC(C)(C)C. The Hall–Kier alpha value is -2.74. The minimum absolute atomic E-state index is 0.00722. The van der Waals surface area contributed by atoms with E-state index in [2.05, 4.69) is 42.5 Å². The first kappa shape index (κ1) is 27.5. The first-order valence-electron chi connectivity index (χ1n) is 11.4. The lowest BCUT2D eigenvalue weighted by molar-refractivity contribution is 0.0561. The minimum atomic E-state index is -0.759. The van der Waals surface area contributed by atoms with Crippen molar-refractivity contribution < 1.29 is 19.1 Å². The van der Waals surface area contributed by atoms with Gasteiger partial charge in [-0.1, -0.05) is 39.0 Å². The molecule has 8 heteroatoms. The molecule has 0 atom stereocenters. The fourth-order valence-corrected chi connectivity index (χ4v) is 3.88. The van der Waals surface area contributed by atoms with Gasteiger partial charge in [0, 0.05) is 22.8 Å². The Morgan fingerprint density at radius 2 is 1.65 bits per heavy atom. The van der Waals surface area contributed by atoms with E-state index in [4.69, 9.17) is 14.5 Å². The molecule has 7 nitrogen and oxygen atoms in total. The lowest BCUT2D eigenvalue weighted by Gasteiger charge is -2.21. The number of carbonyl (C=O) groups excluding carboxylic acids is 2. The van der Waals surface area contributed by atoms with Gasteiger partial charge in [-0.3, -0.25) is 5.32 Å². The van der Waals surface area contributed by atoms with Crippen LogP contribution in [0.25, 0.3) is 10.6 Å². The van der Waals surface area contributed by atoms with Gasteiger partial charge in [0.05, 0.1) is 5.69 Å². The summed E-state index contributed by atoms with van der Waals surface area (Å²) in [5.41, 5.74) is 1.76. The van der Waals surface area contributed by atoms with E-state index in [1.165, 1.54) is 0 Å². The van der Waals surface area contributed by atoms with Gasteiger partial charge in [-0.05, 0) is 59.6 Å². The van der Waals surface area contributed by atoms with Crippen LogP contribution in [0.5, 0.6) is 0 Å². The number of rotatable bonds is 4. The van der Waals surface area contributed by atoms with Crippen LogP contribution in [0.1, 0.15) is 80.0 Å². The van der Waals surface area contributed by atoms with Crippen LogP contribution in [0.15, 0.2) is 34.6 Å². The van der Waals surface area contributed by atoms with E-state index in [-0.39, 0.29) is 11.3 Å². The molecule has 1 N–H and O–H groups in total. The average molecular weight is 488 g/mol. The number of hydrogen-bond acceptors (Lipinski definition) is 6. The van der Waals surface area contributed by atoms with E-state index in [1.807, 2.05) is 18.2 Å². The van der Waals surface area contributed by atoms with Crippen molar-refractivity contribution in [3.8, 4) is 10.6 Å². The van der Waals surface area contributed by atoms with Crippen molar-refractivity contribution in [2.75, 3.05) is 0 Å². The molecule has 0 saturated heterocycles. The first-order valence-corrected chi connectivity index (χ1v) is 12.3. The second kappa shape index (κ2) is 10.7. The van der Waals surface area contributed by atoms with Crippen LogP contribution in [0.2, 0.25) is 0 Å². The van der Waals surface area contributed by atoms with Gasteiger partial charge in [-0.15, -0.1) is 11.3 Å². The van der Waals surface area contributed by atoms with E-state index in [0.717, 1.165) is 21.8 Å². The van der Waals surface area contributed by atoms with Gasteiger partial charge >= 0.3 is 12.2 Å². The van der Waals surface area contributed by atoms with Gasteiger partial charge < -0.3 is 9.47 Å². The Balaban J connectivity index is 2.18. The van der Waals surface area contributed by atoms with Crippen LogP contribution in [0, 0.1) is 0 Å². The fourth-order valence-electron chi connectivity index (χ4n) is 2.84. The molecule has 1 heterocycles. The minimum Gasteiger partial charge on any atom is -0.444 e. The quantitative estimate of drug-likeness (QED) is 0.374. The van der Waals surface area contributed by atoms with Crippen LogP contribution < -0.4 is 5.32 Å². The van der Waals surface area contributed by atoms with Crippen molar-refractivity contribution in [2.24, 2.45) is 4.99 Å². The molecule has 186 valence electrons. The van der Waals surface area contributed by atoms with Gasteiger partial charge in [0.2, 0.25) is 0 Å². The molecule has 0 spiro atoms. The number of aromatic nitrogens is 1. The third kappa shape index (κ3) is 9.63. The smallest absolute Gasteiger partial charge is 0.435 e. The van der Waals surface area contributed by atoms with Crippen LogP contribution >= 0.6 is 11.3 Å². The number of alkyl carbamates (subject to hydrolysis) is 1. The van der Waals surface area contributed by atoms with Gasteiger partial charge in [-0.2, -0.15) is 4.99 Å². The van der Waals surface area contributed by atoms with Crippen molar-refractivity contribution >= 4 is 29.4 Å². The standard InChI is InChI=1S/C26H37N3O4S/c1-24(2,3)19-16-34-21(27-19)18-12-10-11-17(15-18)13-14-20(28-22(30)32-25(4,5)6)29-23(31)33-26(7,8)9/h10-12,15-16H,13-14H2,1-9H3,(H,28,29,30,31). The van der Waals surface area contributed by atoms with Crippen LogP contribution in [0.4, 0.5) is 9.59 Å². The zero-order chi connectivity index (χ0) is 25.7. The molecule has 1 aromatic heterocycles. The van der Waals surface area contributed by atoms with Gasteiger partial charge in [0.1, 0.15) is 22.0 Å². The number of hydrogen-bond donors (Lipinski definition) is 1. The van der Waals surface area contributed by atoms with Crippen molar-refractivity contribution in [2.45, 2.75) is 91.8 Å². The number of thiazole rings is 1. The number of benzene rings is 1. The third-order valence-corrected chi connectivity index (χ3v) is 5.25. The van der Waals surface area contributed by atoms with Crippen molar-refractivity contribution in [3.63, 3.8) is 0 Å². The molecule has 0 bridgehead atoms. The van der Waals surface area contributed by atoms with Crippen molar-refractivity contribution in [1.29, 1.82) is 0 Å². The zero-order valence-corrected chi connectivity index (χ0v) is 22.6. The number of nitrogens with zero attached hydrogens (tertiary/aromatic N) is 2. The Labute approximate surface area is 207 Å². The summed E-state index contributed by atoms with van der Waals surface area (Å²) in [5, 5.41) is 5.66. The average Bonchev–Trinajstić information content (AvgIpc) is 3.14. The number of nitrogens with one attached hydrogen (secondary N) is 1. The summed E-state index contributed by atoms with van der Waals surface area (Å²) >= 11 is 1.62. The number of amidine groups is 1. The lowest BCUT2D eigenvalue weighted by Crippen LogP contribution is -2.37. The molecule has 2 aromatic rings. The van der Waals surface area contributed by atoms with Crippen LogP contribution in [0.3, 0.4) is 0 Å². The molecule has 0 radical (unpaired) electrons. The molecule has 0 aliphatic rings. The zero-order valence-electron chi connectivity index (χ0n) is 21.7. The number of ether oxygens (including phenoxy) is 2. The molecule has 0 aliphatic carbocycles. The van der Waals surface area contributed by atoms with Crippen molar-refractivity contribution in [3.05, 3.63) is 40.9 Å². The Kier molecular flexibility index (Phi) is 8.64. The molecule has 0 fully saturated rings. The summed E-state index contributed by atoms with van der Waals surface area (Å²) in [6.45, 7) is 17.0. The maximum absolute atomic E-state index is 12.3. The number of aryl methyl sites for hydroxylation is 1. The highest BCUT2D eigenvalue weighted by molar-refractivity contribution is 7.13. The summed E-state index contributed by atoms with van der Waals surface area (Å²) in [7, 11) is 0. The number of amides is 2. The van der Waals surface area contributed by atoms with E-state index < -0.39 is 23.4 Å². The largest absolute Gasteiger partial charge is 0.444 e. The van der Waals surface area contributed by atoms with Gasteiger partial charge in [0.15, 0.2) is 0 Å². The summed E-state index contributed by atoms with van der Waals surface area (Å²) in [5.74, 6) is 0.193. The van der Waals surface area contributed by atoms with Crippen LogP contribution in [-0.4, -0.2) is 34.2 Å². The second-order valence-corrected chi connectivity index (χ2v) is 12.0. The molecule has 0 saturated carbocycles. The Bertz CT molecular complexity index is 1040. The van der Waals surface area contributed by atoms with E-state index in [9.17, 15) is 9.59 Å². The van der Waals surface area contributed by atoms with E-state index in [0.29, 0.717) is 12.8 Å². The Morgan fingerprint density at radius 1 is 1.00 bits per heavy atom. The lowest BCUT2D eigenvalue weighted by atomic mass is 9.93. The van der Waals surface area contributed by atoms with E-state index >= 15 is 0 Å². The normalized spacial score (nSPS) is 12.9. The molecule has 34 heavy (non-hydrogen) atoms. The molecule has 1 aromatic carbocycles. The molecule has 2 rings (SSSR count). The third-order valence-electron chi connectivity index (χ3n) is 4.36. The molecular weight excluding hydrogens is 450 g/mol. The van der Waals surface area contributed by atoms with Gasteiger partial charge in [-0.25, -0.2) is 14.6 Å². The van der Waals surface area contributed by atoms with Crippen molar-refractivity contribution in [1.82, 2.24) is 10.3 Å². The highest BCUT2D eigenvalue weighted by Gasteiger charge is 2.21. The maximum Gasteiger partial charge on any atom is 0.435 e. The highest BCUT2D eigenvalue weighted by atomic mass is 32.1. The monoisotopic (exact) mass is 487 g/mol. The maximum atomic E-state index is 12.3. The van der Waals surface area contributed by atoms with Crippen LogP contribution in [-0.2, 0) is 21.3 Å². The molecule has 0 aliphatic heterocycles. The highest BCUT2D eigenvalue weighted by Crippen LogP contribution is 2.30. The van der Waals surface area contributed by atoms with Gasteiger partial charge in [0.25, 0.3) is 0 Å². The second-order valence-electron chi connectivity index (χ2n) is 11.2. The predicted molar refractivity (Wildman–Crippen MR) is 138 cm³/mol. The number of carbonyl (C=O) groups is 2.